The lowest BCUT2D eigenvalue weighted by Gasteiger charge is -2.05. The van der Waals surface area contributed by atoms with Crippen molar-refractivity contribution in [3.63, 3.8) is 0 Å². The van der Waals surface area contributed by atoms with Crippen LogP contribution in [0.25, 0.3) is 0 Å². The van der Waals surface area contributed by atoms with Crippen LogP contribution in [0.5, 0.6) is 0 Å². The molecule has 0 amide bonds. The topological polar surface area (TPSA) is 67.2 Å². The molecule has 0 saturated carbocycles. The van der Waals surface area contributed by atoms with Gasteiger partial charge < -0.3 is 15.0 Å². The van der Waals surface area contributed by atoms with E-state index in [4.69, 9.17) is 5.11 Å². The number of hydrogen-bond donors (Lipinski definition) is 2. The number of nitrogens with zero attached hydrogens (tertiary/aromatic N) is 2. The van der Waals surface area contributed by atoms with E-state index in [9.17, 15) is 4.79 Å². The van der Waals surface area contributed by atoms with E-state index in [-0.39, 0.29) is 0 Å². The Bertz CT molecular complexity index is 358. The number of carboxylic acids is 1. The number of carbonyl (C=O) groups is 1. The number of aromatic nitrogens is 2. The molecule has 94 valence electrons. The minimum absolute atomic E-state index is 0.636. The number of aliphatic carboxylic acids is 1. The highest BCUT2D eigenvalue weighted by Gasteiger charge is 1.95. The van der Waals surface area contributed by atoms with Gasteiger partial charge in [-0.3, -0.25) is 0 Å². The molecule has 0 unspecified atom stereocenters. The van der Waals surface area contributed by atoms with E-state index < -0.39 is 5.97 Å². The first kappa shape index (κ1) is 13.4. The summed E-state index contributed by atoms with van der Waals surface area (Å²) in [5.41, 5.74) is 0.840. The van der Waals surface area contributed by atoms with Gasteiger partial charge in [0.05, 0.1) is 6.33 Å². The van der Waals surface area contributed by atoms with Crippen molar-refractivity contribution in [1.82, 2.24) is 14.9 Å². The minimum atomic E-state index is -0.885. The van der Waals surface area contributed by atoms with Gasteiger partial charge in [0.25, 0.3) is 0 Å². The van der Waals surface area contributed by atoms with Crippen molar-refractivity contribution < 1.29 is 9.90 Å². The molecular weight excluding hydrogens is 218 g/mol. The summed E-state index contributed by atoms with van der Waals surface area (Å²) < 4.78 is 2.05. The predicted molar refractivity (Wildman–Crippen MR) is 65.7 cm³/mol. The van der Waals surface area contributed by atoms with Crippen molar-refractivity contribution in [2.45, 2.75) is 26.3 Å². The zero-order valence-electron chi connectivity index (χ0n) is 10.1. The molecule has 2 N–H and O–H groups in total. The van der Waals surface area contributed by atoms with Gasteiger partial charge >= 0.3 is 5.97 Å². The van der Waals surface area contributed by atoms with Crippen LogP contribution in [-0.2, 0) is 11.3 Å². The molecule has 0 aliphatic heterocycles. The molecule has 17 heavy (non-hydrogen) atoms. The van der Waals surface area contributed by atoms with Crippen molar-refractivity contribution in [3.05, 3.63) is 30.4 Å². The lowest BCUT2D eigenvalue weighted by atomic mass is 10.2. The van der Waals surface area contributed by atoms with Crippen molar-refractivity contribution >= 4 is 5.97 Å². The van der Waals surface area contributed by atoms with Crippen LogP contribution >= 0.6 is 0 Å². The summed E-state index contributed by atoms with van der Waals surface area (Å²) in [7, 11) is 0. The van der Waals surface area contributed by atoms with Crippen LogP contribution in [-0.4, -0.2) is 33.7 Å². The molecule has 1 aromatic rings. The van der Waals surface area contributed by atoms with E-state index in [0.717, 1.165) is 31.5 Å². The maximum atomic E-state index is 10.4. The number of unbranched alkanes of at least 4 members (excludes halogenated alkanes) is 1. The Labute approximate surface area is 101 Å². The minimum Gasteiger partial charge on any atom is -0.478 e. The smallest absolute Gasteiger partial charge is 0.328 e. The standard InChI is InChI=1S/C12H19N3O2/c1-11(8-12(16)17)9-13-4-2-3-6-15-7-5-14-10-15/h5,7-8,10,13H,2-4,6,9H2,1H3,(H,16,17)/b11-8-. The van der Waals surface area contributed by atoms with Gasteiger partial charge in [-0.05, 0) is 26.3 Å². The third-order valence-electron chi connectivity index (χ3n) is 2.35. The van der Waals surface area contributed by atoms with Crippen LogP contribution in [0.2, 0.25) is 0 Å². The van der Waals surface area contributed by atoms with Gasteiger partial charge in [-0.2, -0.15) is 0 Å². The highest BCUT2D eigenvalue weighted by Crippen LogP contribution is 1.95. The van der Waals surface area contributed by atoms with Crippen LogP contribution in [0.1, 0.15) is 19.8 Å². The molecule has 0 saturated heterocycles. The monoisotopic (exact) mass is 237 g/mol. The number of aryl methyl sites for hydroxylation is 1. The van der Waals surface area contributed by atoms with Gasteiger partial charge in [0.15, 0.2) is 0 Å². The predicted octanol–water partition coefficient (Wildman–Crippen LogP) is 1.28. The Balaban J connectivity index is 1.99. The van der Waals surface area contributed by atoms with Gasteiger partial charge in [0, 0.05) is 31.6 Å². The van der Waals surface area contributed by atoms with E-state index >= 15 is 0 Å². The average molecular weight is 237 g/mol. The number of hydrogen-bond acceptors (Lipinski definition) is 3. The van der Waals surface area contributed by atoms with Gasteiger partial charge in [-0.1, -0.05) is 5.57 Å². The van der Waals surface area contributed by atoms with E-state index in [0.29, 0.717) is 6.54 Å². The Morgan fingerprint density at radius 2 is 2.35 bits per heavy atom. The highest BCUT2D eigenvalue weighted by atomic mass is 16.4. The van der Waals surface area contributed by atoms with Crippen LogP contribution in [0.15, 0.2) is 30.4 Å². The lowest BCUT2D eigenvalue weighted by molar-refractivity contribution is -0.131. The second-order valence-corrected chi connectivity index (χ2v) is 4.01. The molecular formula is C12H19N3O2. The molecule has 0 atom stereocenters. The second-order valence-electron chi connectivity index (χ2n) is 4.01. The van der Waals surface area contributed by atoms with E-state index in [1.54, 1.807) is 6.20 Å². The number of nitrogens with one attached hydrogen (secondary N) is 1. The molecule has 5 nitrogen and oxygen atoms in total. The first-order valence-corrected chi connectivity index (χ1v) is 5.75. The zero-order valence-corrected chi connectivity index (χ0v) is 10.1. The summed E-state index contributed by atoms with van der Waals surface area (Å²) in [6, 6.07) is 0. The fourth-order valence-corrected chi connectivity index (χ4v) is 1.51. The van der Waals surface area contributed by atoms with Crippen molar-refractivity contribution in [1.29, 1.82) is 0 Å². The first-order chi connectivity index (χ1) is 8.18. The fraction of sp³-hybridized carbons (Fsp3) is 0.500. The Morgan fingerprint density at radius 3 is 3.00 bits per heavy atom. The van der Waals surface area contributed by atoms with Crippen LogP contribution in [0.3, 0.4) is 0 Å². The molecule has 0 fully saturated rings. The highest BCUT2D eigenvalue weighted by molar-refractivity contribution is 5.80. The summed E-state index contributed by atoms with van der Waals surface area (Å²) in [5.74, 6) is -0.885. The molecule has 0 aliphatic rings. The fourth-order valence-electron chi connectivity index (χ4n) is 1.51. The summed E-state index contributed by atoms with van der Waals surface area (Å²) in [6.07, 6.45) is 8.93. The van der Waals surface area contributed by atoms with E-state index in [2.05, 4.69) is 14.9 Å². The third-order valence-corrected chi connectivity index (χ3v) is 2.35. The maximum Gasteiger partial charge on any atom is 0.328 e. The molecule has 1 heterocycles. The molecule has 1 rings (SSSR count). The SMILES string of the molecule is C/C(=C/C(=O)O)CNCCCCn1ccnc1. The van der Waals surface area contributed by atoms with E-state index in [1.165, 1.54) is 6.08 Å². The van der Waals surface area contributed by atoms with Crippen LogP contribution in [0.4, 0.5) is 0 Å². The molecule has 5 heteroatoms. The average Bonchev–Trinajstić information content (AvgIpc) is 2.75. The van der Waals surface area contributed by atoms with E-state index in [1.807, 2.05) is 19.4 Å². The largest absolute Gasteiger partial charge is 0.478 e. The van der Waals surface area contributed by atoms with Gasteiger partial charge in [0.1, 0.15) is 0 Å². The van der Waals surface area contributed by atoms with Gasteiger partial charge in [0.2, 0.25) is 0 Å². The Morgan fingerprint density at radius 1 is 1.53 bits per heavy atom. The number of rotatable bonds is 8. The van der Waals surface area contributed by atoms with Gasteiger partial charge in [-0.25, -0.2) is 9.78 Å². The quantitative estimate of drug-likeness (QED) is 0.528. The van der Waals surface area contributed by atoms with Gasteiger partial charge in [-0.15, -0.1) is 0 Å². The third kappa shape index (κ3) is 6.52. The summed E-state index contributed by atoms with van der Waals surface area (Å²) in [4.78, 5) is 14.3. The lowest BCUT2D eigenvalue weighted by Crippen LogP contribution is -2.18. The summed E-state index contributed by atoms with van der Waals surface area (Å²) in [6.45, 7) is 4.33. The van der Waals surface area contributed by atoms with Crippen LogP contribution < -0.4 is 5.32 Å². The Hall–Kier alpha value is -1.62. The van der Waals surface area contributed by atoms with Crippen molar-refractivity contribution in [2.24, 2.45) is 0 Å². The van der Waals surface area contributed by atoms with Crippen molar-refractivity contribution in [2.75, 3.05) is 13.1 Å². The Kier molecular flexibility index (Phi) is 6.03. The molecule has 0 aromatic carbocycles. The maximum absolute atomic E-state index is 10.4. The van der Waals surface area contributed by atoms with Crippen LogP contribution in [0, 0.1) is 0 Å². The summed E-state index contributed by atoms with van der Waals surface area (Å²) >= 11 is 0. The molecule has 0 bridgehead atoms. The normalized spacial score (nSPS) is 11.7. The molecule has 0 spiro atoms. The summed E-state index contributed by atoms with van der Waals surface area (Å²) in [5, 5.41) is 11.7. The molecule has 0 aliphatic carbocycles. The molecule has 1 aromatic heterocycles. The second kappa shape index (κ2) is 7.62. The number of carboxylic acid groups (broad SMARTS) is 1. The molecule has 0 radical (unpaired) electrons. The first-order valence-electron chi connectivity index (χ1n) is 5.75. The zero-order chi connectivity index (χ0) is 12.5. The van der Waals surface area contributed by atoms with Crippen molar-refractivity contribution in [3.8, 4) is 0 Å². The number of imidazole rings is 1.